The number of nitrogens with zero attached hydrogens (tertiary/aromatic N) is 2. The largest absolute Gasteiger partial charge is 0.466 e. The lowest BCUT2D eigenvalue weighted by Gasteiger charge is -2.34. The summed E-state index contributed by atoms with van der Waals surface area (Å²) in [7, 11) is 0. The van der Waals surface area contributed by atoms with E-state index in [2.05, 4.69) is 10.3 Å². The second kappa shape index (κ2) is 6.96. The number of urea groups is 1. The van der Waals surface area contributed by atoms with Gasteiger partial charge in [0.05, 0.1) is 6.04 Å². The number of amides is 2. The SMILES string of the molecule is Cc1ccc(CCNC(=O)N2CCCC[C@@H]2c2nccs2)o1. The summed E-state index contributed by atoms with van der Waals surface area (Å²) < 4.78 is 5.52. The Morgan fingerprint density at radius 1 is 1.50 bits per heavy atom. The molecule has 2 aromatic heterocycles. The summed E-state index contributed by atoms with van der Waals surface area (Å²) in [5, 5.41) is 6.02. The quantitative estimate of drug-likeness (QED) is 0.938. The van der Waals surface area contributed by atoms with Gasteiger partial charge >= 0.3 is 6.03 Å². The maximum absolute atomic E-state index is 12.5. The van der Waals surface area contributed by atoms with Crippen LogP contribution in [0.15, 0.2) is 28.1 Å². The van der Waals surface area contributed by atoms with Crippen molar-refractivity contribution in [1.82, 2.24) is 15.2 Å². The van der Waals surface area contributed by atoms with Crippen molar-refractivity contribution in [1.29, 1.82) is 0 Å². The first-order chi connectivity index (χ1) is 10.7. The second-order valence-electron chi connectivity index (χ2n) is 5.57. The molecule has 1 atom stereocenters. The molecule has 0 aromatic carbocycles. The summed E-state index contributed by atoms with van der Waals surface area (Å²) in [5.41, 5.74) is 0. The molecule has 2 aromatic rings. The Labute approximate surface area is 134 Å². The number of carbonyl (C=O) groups is 1. The highest BCUT2D eigenvalue weighted by Crippen LogP contribution is 2.31. The zero-order chi connectivity index (χ0) is 15.4. The van der Waals surface area contributed by atoms with Crippen LogP contribution < -0.4 is 5.32 Å². The number of nitrogens with one attached hydrogen (secondary N) is 1. The summed E-state index contributed by atoms with van der Waals surface area (Å²) in [5.74, 6) is 1.81. The first-order valence-electron chi connectivity index (χ1n) is 7.73. The molecule has 3 heterocycles. The summed E-state index contributed by atoms with van der Waals surface area (Å²) >= 11 is 1.63. The van der Waals surface area contributed by atoms with Crippen molar-refractivity contribution in [3.63, 3.8) is 0 Å². The predicted octanol–water partition coefficient (Wildman–Crippen LogP) is 3.52. The van der Waals surface area contributed by atoms with Crippen LogP contribution in [0.3, 0.4) is 0 Å². The zero-order valence-corrected chi connectivity index (χ0v) is 13.6. The Kier molecular flexibility index (Phi) is 4.77. The molecule has 1 aliphatic heterocycles. The first kappa shape index (κ1) is 15.1. The van der Waals surface area contributed by atoms with Crippen molar-refractivity contribution in [2.75, 3.05) is 13.1 Å². The zero-order valence-electron chi connectivity index (χ0n) is 12.7. The van der Waals surface area contributed by atoms with Crippen LogP contribution >= 0.6 is 11.3 Å². The molecule has 0 saturated carbocycles. The molecule has 0 spiro atoms. The van der Waals surface area contributed by atoms with E-state index in [-0.39, 0.29) is 12.1 Å². The number of furan rings is 1. The number of likely N-dealkylation sites (tertiary alicyclic amines) is 1. The van der Waals surface area contributed by atoms with E-state index in [1.807, 2.05) is 35.5 Å². The standard InChI is InChI=1S/C16H21N3O2S/c1-12-5-6-13(21-12)7-8-18-16(20)19-10-3-2-4-14(19)15-17-9-11-22-15/h5-6,9,11,14H,2-4,7-8,10H2,1H3,(H,18,20)/t14-/m1/s1. The monoisotopic (exact) mass is 319 g/mol. The topological polar surface area (TPSA) is 58.4 Å². The highest BCUT2D eigenvalue weighted by Gasteiger charge is 2.29. The molecule has 118 valence electrons. The van der Waals surface area contributed by atoms with Crippen LogP contribution in [0.25, 0.3) is 0 Å². The van der Waals surface area contributed by atoms with E-state index in [1.54, 1.807) is 11.3 Å². The predicted molar refractivity (Wildman–Crippen MR) is 86.0 cm³/mol. The number of thiazole rings is 1. The molecule has 0 bridgehead atoms. The van der Waals surface area contributed by atoms with E-state index < -0.39 is 0 Å². The van der Waals surface area contributed by atoms with Crippen molar-refractivity contribution in [2.45, 2.75) is 38.6 Å². The summed E-state index contributed by atoms with van der Waals surface area (Å²) in [6, 6.07) is 4.03. The van der Waals surface area contributed by atoms with Gasteiger partial charge in [0, 0.05) is 31.1 Å². The normalized spacial score (nSPS) is 18.4. The van der Waals surface area contributed by atoms with Gasteiger partial charge in [0.15, 0.2) is 0 Å². The fraction of sp³-hybridized carbons (Fsp3) is 0.500. The summed E-state index contributed by atoms with van der Waals surface area (Å²) in [6.07, 6.45) is 5.74. The number of aryl methyl sites for hydroxylation is 1. The van der Waals surface area contributed by atoms with Gasteiger partial charge in [-0.25, -0.2) is 9.78 Å². The fourth-order valence-electron chi connectivity index (χ4n) is 2.84. The summed E-state index contributed by atoms with van der Waals surface area (Å²) in [4.78, 5) is 18.8. The number of carbonyl (C=O) groups excluding carboxylic acids is 1. The van der Waals surface area contributed by atoms with Crippen LogP contribution in [-0.4, -0.2) is 29.0 Å². The molecular weight excluding hydrogens is 298 g/mol. The van der Waals surface area contributed by atoms with Crippen molar-refractivity contribution in [3.05, 3.63) is 40.2 Å². The molecule has 6 heteroatoms. The van der Waals surface area contributed by atoms with Gasteiger partial charge in [-0.15, -0.1) is 11.3 Å². The van der Waals surface area contributed by atoms with E-state index in [4.69, 9.17) is 4.42 Å². The van der Waals surface area contributed by atoms with Gasteiger partial charge in [-0.3, -0.25) is 0 Å². The number of piperidine rings is 1. The van der Waals surface area contributed by atoms with Crippen LogP contribution in [0.1, 0.15) is 41.8 Å². The molecule has 1 saturated heterocycles. The summed E-state index contributed by atoms with van der Waals surface area (Å²) in [6.45, 7) is 3.32. The average Bonchev–Trinajstić information content (AvgIpc) is 3.19. The van der Waals surface area contributed by atoms with Crippen LogP contribution in [0.2, 0.25) is 0 Å². The third-order valence-electron chi connectivity index (χ3n) is 3.94. The van der Waals surface area contributed by atoms with E-state index in [9.17, 15) is 4.79 Å². The molecule has 3 rings (SSSR count). The molecule has 22 heavy (non-hydrogen) atoms. The minimum Gasteiger partial charge on any atom is -0.466 e. The Morgan fingerprint density at radius 3 is 3.14 bits per heavy atom. The minimum absolute atomic E-state index is 0.00294. The molecule has 1 N–H and O–H groups in total. The molecule has 1 fully saturated rings. The average molecular weight is 319 g/mol. The highest BCUT2D eigenvalue weighted by molar-refractivity contribution is 7.09. The molecule has 2 amide bonds. The van der Waals surface area contributed by atoms with Gasteiger partial charge in [-0.1, -0.05) is 0 Å². The lowest BCUT2D eigenvalue weighted by Crippen LogP contribution is -2.45. The van der Waals surface area contributed by atoms with Crippen molar-refractivity contribution in [3.8, 4) is 0 Å². The number of aromatic nitrogens is 1. The fourth-order valence-corrected chi connectivity index (χ4v) is 3.63. The molecular formula is C16H21N3O2S. The van der Waals surface area contributed by atoms with E-state index in [0.717, 1.165) is 48.8 Å². The number of rotatable bonds is 4. The van der Waals surface area contributed by atoms with Gasteiger partial charge in [-0.2, -0.15) is 0 Å². The number of hydrogen-bond donors (Lipinski definition) is 1. The van der Waals surface area contributed by atoms with Gasteiger partial charge in [0.2, 0.25) is 0 Å². The Balaban J connectivity index is 1.55. The van der Waals surface area contributed by atoms with Gasteiger partial charge in [0.1, 0.15) is 16.5 Å². The van der Waals surface area contributed by atoms with Gasteiger partial charge in [-0.05, 0) is 38.3 Å². The lowest BCUT2D eigenvalue weighted by molar-refractivity contribution is 0.151. The third kappa shape index (κ3) is 3.50. The molecule has 0 aliphatic carbocycles. The van der Waals surface area contributed by atoms with Crippen LogP contribution in [-0.2, 0) is 6.42 Å². The van der Waals surface area contributed by atoms with Crippen molar-refractivity contribution < 1.29 is 9.21 Å². The van der Waals surface area contributed by atoms with Crippen LogP contribution in [0.5, 0.6) is 0 Å². The first-order valence-corrected chi connectivity index (χ1v) is 8.61. The Bertz CT molecular complexity index is 609. The molecule has 5 nitrogen and oxygen atoms in total. The lowest BCUT2D eigenvalue weighted by atomic mass is 10.0. The van der Waals surface area contributed by atoms with Crippen molar-refractivity contribution >= 4 is 17.4 Å². The molecule has 0 radical (unpaired) electrons. The van der Waals surface area contributed by atoms with Crippen LogP contribution in [0, 0.1) is 6.92 Å². The van der Waals surface area contributed by atoms with Gasteiger partial charge in [0.25, 0.3) is 0 Å². The van der Waals surface area contributed by atoms with Crippen LogP contribution in [0.4, 0.5) is 4.79 Å². The smallest absolute Gasteiger partial charge is 0.318 e. The molecule has 0 unspecified atom stereocenters. The van der Waals surface area contributed by atoms with E-state index in [1.165, 1.54) is 0 Å². The second-order valence-corrected chi connectivity index (χ2v) is 6.50. The van der Waals surface area contributed by atoms with Crippen molar-refractivity contribution in [2.24, 2.45) is 0 Å². The van der Waals surface area contributed by atoms with E-state index in [0.29, 0.717) is 6.54 Å². The maximum Gasteiger partial charge on any atom is 0.318 e. The molecule has 1 aliphatic rings. The highest BCUT2D eigenvalue weighted by atomic mass is 32.1. The maximum atomic E-state index is 12.5. The third-order valence-corrected chi connectivity index (χ3v) is 4.82. The van der Waals surface area contributed by atoms with E-state index >= 15 is 0 Å². The Morgan fingerprint density at radius 2 is 2.41 bits per heavy atom. The Hall–Kier alpha value is -1.82. The van der Waals surface area contributed by atoms with Gasteiger partial charge < -0.3 is 14.6 Å². The number of hydrogen-bond acceptors (Lipinski definition) is 4. The minimum atomic E-state index is 0.00294.